The molecule has 0 saturated carbocycles. The van der Waals surface area contributed by atoms with E-state index in [1.807, 2.05) is 6.92 Å². The molecule has 0 radical (unpaired) electrons. The quantitative estimate of drug-likeness (QED) is 0.679. The summed E-state index contributed by atoms with van der Waals surface area (Å²) in [5.74, 6) is -1.79. The topological polar surface area (TPSA) is 99.2 Å². The Bertz CT molecular complexity index is 1040. The summed E-state index contributed by atoms with van der Waals surface area (Å²) in [7, 11) is -1.45. The van der Waals surface area contributed by atoms with Crippen LogP contribution in [0.4, 0.5) is 0 Å². The summed E-state index contributed by atoms with van der Waals surface area (Å²) in [6, 6.07) is 6.47. The molecule has 0 N–H and O–H groups in total. The molecule has 1 spiro atoms. The highest BCUT2D eigenvalue weighted by Crippen LogP contribution is 2.54. The van der Waals surface area contributed by atoms with Crippen LogP contribution in [-0.4, -0.2) is 57.1 Å². The van der Waals surface area contributed by atoms with Gasteiger partial charge >= 0.3 is 11.9 Å². The number of sulfonamides is 1. The average Bonchev–Trinajstić information content (AvgIpc) is 3.27. The summed E-state index contributed by atoms with van der Waals surface area (Å²) < 4.78 is 43.3. The molecule has 4 rings (SSSR count). The van der Waals surface area contributed by atoms with Crippen LogP contribution in [0.5, 0.6) is 0 Å². The number of rotatable bonds is 4. The molecule has 1 aromatic carbocycles. The second kappa shape index (κ2) is 6.70. The molecule has 29 heavy (non-hydrogen) atoms. The molecule has 3 heterocycles. The van der Waals surface area contributed by atoms with Crippen LogP contribution in [0.25, 0.3) is 0 Å². The van der Waals surface area contributed by atoms with Crippen molar-refractivity contribution in [2.24, 2.45) is 5.92 Å². The third kappa shape index (κ3) is 2.79. The van der Waals surface area contributed by atoms with Crippen molar-refractivity contribution in [1.29, 1.82) is 0 Å². The van der Waals surface area contributed by atoms with Gasteiger partial charge in [-0.2, -0.15) is 0 Å². The fourth-order valence-electron chi connectivity index (χ4n) is 4.32. The molecule has 3 atom stereocenters. The van der Waals surface area contributed by atoms with E-state index in [0.717, 1.165) is 9.87 Å². The van der Waals surface area contributed by atoms with Crippen LogP contribution in [0, 0.1) is 12.8 Å². The highest BCUT2D eigenvalue weighted by atomic mass is 32.2. The molecule has 3 unspecified atom stereocenters. The monoisotopic (exact) mass is 419 g/mol. The Kier molecular flexibility index (Phi) is 4.54. The van der Waals surface area contributed by atoms with E-state index in [1.54, 1.807) is 18.2 Å². The van der Waals surface area contributed by atoms with Gasteiger partial charge < -0.3 is 14.2 Å². The lowest BCUT2D eigenvalue weighted by molar-refractivity contribution is -0.141. The average molecular weight is 419 g/mol. The van der Waals surface area contributed by atoms with E-state index >= 15 is 0 Å². The first-order valence-electron chi connectivity index (χ1n) is 9.11. The zero-order valence-corrected chi connectivity index (χ0v) is 17.1. The van der Waals surface area contributed by atoms with Gasteiger partial charge in [-0.15, -0.1) is 0 Å². The number of hydrogen-bond acceptors (Lipinski definition) is 7. The highest BCUT2D eigenvalue weighted by Gasteiger charge is 2.63. The van der Waals surface area contributed by atoms with Crippen LogP contribution in [0.2, 0.25) is 0 Å². The zero-order chi connectivity index (χ0) is 21.0. The van der Waals surface area contributed by atoms with Crippen molar-refractivity contribution in [3.8, 4) is 0 Å². The smallest absolute Gasteiger partial charge is 0.338 e. The number of nitrogens with zero attached hydrogens (tertiary/aromatic N) is 1. The number of methoxy groups -OCH3 is 2. The Hall–Kier alpha value is -2.65. The van der Waals surface area contributed by atoms with E-state index in [1.165, 1.54) is 32.6 Å². The third-order valence-electron chi connectivity index (χ3n) is 5.69. The molecule has 1 fully saturated rings. The number of esters is 2. The first kappa shape index (κ1) is 19.7. The normalized spacial score (nSPS) is 27.8. The molecular formula is C20H21NO7S. The Morgan fingerprint density at radius 2 is 1.72 bits per heavy atom. The Labute approximate surface area is 168 Å². The van der Waals surface area contributed by atoms with Crippen molar-refractivity contribution in [1.82, 2.24) is 4.31 Å². The van der Waals surface area contributed by atoms with Gasteiger partial charge in [0, 0.05) is 18.7 Å². The summed E-state index contributed by atoms with van der Waals surface area (Å²) in [5.41, 5.74) is -0.236. The van der Waals surface area contributed by atoms with Crippen LogP contribution in [0.3, 0.4) is 0 Å². The second-order valence-corrected chi connectivity index (χ2v) is 9.21. The van der Waals surface area contributed by atoms with Crippen molar-refractivity contribution in [2.75, 3.05) is 20.8 Å². The van der Waals surface area contributed by atoms with Crippen molar-refractivity contribution in [3.05, 3.63) is 53.3 Å². The lowest BCUT2D eigenvalue weighted by Gasteiger charge is -2.41. The van der Waals surface area contributed by atoms with Crippen LogP contribution in [0.15, 0.2) is 52.6 Å². The van der Waals surface area contributed by atoms with Crippen LogP contribution in [-0.2, 0) is 33.8 Å². The highest BCUT2D eigenvalue weighted by molar-refractivity contribution is 7.89. The molecule has 0 aliphatic carbocycles. The summed E-state index contributed by atoms with van der Waals surface area (Å²) in [6.07, 6.45) is 2.95. The van der Waals surface area contributed by atoms with Crippen molar-refractivity contribution >= 4 is 22.0 Å². The number of aryl methyl sites for hydroxylation is 1. The zero-order valence-electron chi connectivity index (χ0n) is 16.2. The largest absolute Gasteiger partial charge is 0.466 e. The van der Waals surface area contributed by atoms with Gasteiger partial charge in [0.2, 0.25) is 0 Å². The lowest BCUT2D eigenvalue weighted by Crippen LogP contribution is -2.52. The van der Waals surface area contributed by atoms with Crippen LogP contribution < -0.4 is 0 Å². The summed E-state index contributed by atoms with van der Waals surface area (Å²) in [4.78, 5) is 25.1. The second-order valence-electron chi connectivity index (χ2n) is 7.32. The molecule has 0 aromatic heterocycles. The minimum atomic E-state index is -3.90. The number of carbonyl (C=O) groups is 2. The van der Waals surface area contributed by atoms with Crippen LogP contribution >= 0.6 is 0 Å². The maximum absolute atomic E-state index is 13.2. The summed E-state index contributed by atoms with van der Waals surface area (Å²) >= 11 is 0. The molecule has 8 nitrogen and oxygen atoms in total. The van der Waals surface area contributed by atoms with Crippen LogP contribution in [0.1, 0.15) is 12.0 Å². The molecule has 154 valence electrons. The van der Waals surface area contributed by atoms with E-state index in [9.17, 15) is 18.0 Å². The fourth-order valence-corrected chi connectivity index (χ4v) is 5.69. The van der Waals surface area contributed by atoms with E-state index < -0.39 is 39.6 Å². The number of carbonyl (C=O) groups excluding carboxylic acids is 2. The van der Waals surface area contributed by atoms with Gasteiger partial charge in [0.1, 0.15) is 5.60 Å². The van der Waals surface area contributed by atoms with E-state index in [4.69, 9.17) is 14.2 Å². The van der Waals surface area contributed by atoms with E-state index in [0.29, 0.717) is 6.42 Å². The fraction of sp³-hybridized carbons (Fsp3) is 0.400. The molecule has 2 bridgehead atoms. The van der Waals surface area contributed by atoms with Gasteiger partial charge in [-0.3, -0.25) is 4.31 Å². The van der Waals surface area contributed by atoms with Gasteiger partial charge in [0.05, 0.1) is 36.4 Å². The number of hydrogen-bond donors (Lipinski definition) is 0. The van der Waals surface area contributed by atoms with E-state index in [-0.39, 0.29) is 22.6 Å². The van der Waals surface area contributed by atoms with Crippen molar-refractivity contribution in [3.63, 3.8) is 0 Å². The Morgan fingerprint density at radius 3 is 2.34 bits per heavy atom. The maximum Gasteiger partial charge on any atom is 0.338 e. The first-order chi connectivity index (χ1) is 13.7. The lowest BCUT2D eigenvalue weighted by atomic mass is 9.71. The molecule has 9 heteroatoms. The van der Waals surface area contributed by atoms with Crippen molar-refractivity contribution < 1.29 is 32.2 Å². The third-order valence-corrected chi connectivity index (χ3v) is 7.43. The molecule has 0 amide bonds. The number of ether oxygens (including phenoxy) is 3. The number of fused-ring (bicyclic) bond motifs is 1. The minimum absolute atomic E-state index is 0.0245. The number of benzene rings is 1. The Morgan fingerprint density at radius 1 is 1.10 bits per heavy atom. The SMILES string of the molecule is COC(=O)C1=CC2CC3CN(S(=O)(=O)c4ccc(C)cc4)C=C(C(=O)OC)C13O2. The molecule has 3 aliphatic heterocycles. The Balaban J connectivity index is 1.83. The molecular weight excluding hydrogens is 398 g/mol. The minimum Gasteiger partial charge on any atom is -0.466 e. The summed E-state index contributed by atoms with van der Waals surface area (Å²) in [6.45, 7) is 1.94. The van der Waals surface area contributed by atoms with E-state index in [2.05, 4.69) is 0 Å². The predicted molar refractivity (Wildman–Crippen MR) is 101 cm³/mol. The molecule has 1 saturated heterocycles. The van der Waals surface area contributed by atoms with Gasteiger partial charge in [-0.1, -0.05) is 17.7 Å². The summed E-state index contributed by atoms with van der Waals surface area (Å²) in [5, 5.41) is 0. The predicted octanol–water partition coefficient (Wildman–Crippen LogP) is 1.31. The standard InChI is InChI=1S/C20H21NO7S/c1-12-4-6-15(7-5-12)29(24,25)21-10-13-8-14-9-16(18(22)26-2)20(13,28-14)17(11-21)19(23)27-3/h4-7,9,11,13-14H,8,10H2,1-3H3. The maximum atomic E-state index is 13.2. The van der Waals surface area contributed by atoms with Gasteiger partial charge in [-0.25, -0.2) is 18.0 Å². The van der Waals surface area contributed by atoms with Gasteiger partial charge in [0.25, 0.3) is 10.0 Å². The van der Waals surface area contributed by atoms with Gasteiger partial charge in [0.15, 0.2) is 0 Å². The van der Waals surface area contributed by atoms with Crippen molar-refractivity contribution in [2.45, 2.75) is 29.9 Å². The molecule has 3 aliphatic rings. The first-order valence-corrected chi connectivity index (χ1v) is 10.6. The molecule has 1 aromatic rings. The van der Waals surface area contributed by atoms with Gasteiger partial charge in [-0.05, 0) is 31.6 Å².